The summed E-state index contributed by atoms with van der Waals surface area (Å²) in [6.07, 6.45) is -5.63. The summed E-state index contributed by atoms with van der Waals surface area (Å²) in [7, 11) is 0. The molecule has 290 valence electrons. The van der Waals surface area contributed by atoms with Crippen LogP contribution < -0.4 is 0 Å². The number of allylic oxidation sites excluding steroid dienone is 1. The van der Waals surface area contributed by atoms with Crippen LogP contribution in [0, 0.1) is 57.7 Å². The molecular formula is C38H48O15. The number of epoxide rings is 1. The van der Waals surface area contributed by atoms with Crippen molar-refractivity contribution in [3.05, 3.63) is 11.8 Å². The van der Waals surface area contributed by atoms with E-state index >= 15 is 0 Å². The number of Topliss-reactive ketones (excluding diaryl/α,β-unsaturated/α-hetero) is 1. The zero-order chi connectivity index (χ0) is 39.1. The maximum Gasteiger partial charge on any atom is 0.356 e. The quantitative estimate of drug-likeness (QED) is 0.243. The molecule has 6 fully saturated rings. The molecular weight excluding hydrogens is 696 g/mol. The fourth-order valence-corrected chi connectivity index (χ4v) is 12.6. The van der Waals surface area contributed by atoms with E-state index in [0.29, 0.717) is 0 Å². The van der Waals surface area contributed by atoms with Crippen LogP contribution in [-0.4, -0.2) is 95.0 Å². The molecule has 1 N–H and O–H groups in total. The van der Waals surface area contributed by atoms with E-state index in [9.17, 15) is 38.7 Å². The topological polar surface area (TPSA) is 208 Å². The van der Waals surface area contributed by atoms with E-state index in [1.54, 1.807) is 26.8 Å². The monoisotopic (exact) mass is 744 g/mol. The Bertz CT molecular complexity index is 1740. The first-order chi connectivity index (χ1) is 24.6. The molecule has 0 radical (unpaired) electrons. The van der Waals surface area contributed by atoms with Gasteiger partial charge in [0.2, 0.25) is 5.60 Å². The second kappa shape index (κ2) is 11.8. The van der Waals surface area contributed by atoms with Crippen molar-refractivity contribution in [2.75, 3.05) is 0 Å². The number of hydrogen-bond acceptors (Lipinski definition) is 15. The molecule has 53 heavy (non-hydrogen) atoms. The van der Waals surface area contributed by atoms with Gasteiger partial charge in [0, 0.05) is 75.0 Å². The smallest absolute Gasteiger partial charge is 0.356 e. The van der Waals surface area contributed by atoms with Crippen LogP contribution in [-0.2, 0) is 66.7 Å². The molecule has 0 aromatic heterocycles. The number of aliphatic hydroxyl groups excluding tert-OH is 1. The largest absolute Gasteiger partial charge is 0.459 e. The molecule has 7 rings (SSSR count). The highest BCUT2D eigenvalue weighted by atomic mass is 16.6. The van der Waals surface area contributed by atoms with E-state index in [2.05, 4.69) is 0 Å². The maximum atomic E-state index is 14.9. The first-order valence-electron chi connectivity index (χ1n) is 18.3. The number of carbonyl (C=O) groups is 7. The lowest BCUT2D eigenvalue weighted by Crippen LogP contribution is -2.75. The number of fused-ring (bicyclic) bond motifs is 10. The van der Waals surface area contributed by atoms with Crippen molar-refractivity contribution in [3.8, 4) is 0 Å². The Hall–Kier alpha value is -3.85. The van der Waals surface area contributed by atoms with Gasteiger partial charge in [-0.15, -0.1) is 0 Å². The van der Waals surface area contributed by atoms with Crippen LogP contribution in [0.25, 0.3) is 0 Å². The molecule has 5 aliphatic carbocycles. The molecule has 2 aliphatic heterocycles. The van der Waals surface area contributed by atoms with Crippen molar-refractivity contribution in [2.45, 2.75) is 124 Å². The number of esters is 6. The number of rotatable bonds is 5. The van der Waals surface area contributed by atoms with E-state index < -0.39 is 148 Å². The first kappa shape index (κ1) is 37.5. The lowest BCUT2D eigenvalue weighted by atomic mass is 9.41. The second-order valence-electron chi connectivity index (χ2n) is 17.0. The van der Waals surface area contributed by atoms with Crippen molar-refractivity contribution < 1.29 is 71.8 Å². The Morgan fingerprint density at radius 1 is 0.755 bits per heavy atom. The summed E-state index contributed by atoms with van der Waals surface area (Å²) in [5.74, 6) is -11.0. The minimum Gasteiger partial charge on any atom is -0.459 e. The molecule has 0 amide bonds. The van der Waals surface area contributed by atoms with Gasteiger partial charge in [-0.25, -0.2) is 4.79 Å². The zero-order valence-corrected chi connectivity index (χ0v) is 31.5. The van der Waals surface area contributed by atoms with E-state index in [1.165, 1.54) is 34.6 Å². The summed E-state index contributed by atoms with van der Waals surface area (Å²) in [6, 6.07) is 0. The van der Waals surface area contributed by atoms with Crippen LogP contribution in [0.5, 0.6) is 0 Å². The van der Waals surface area contributed by atoms with E-state index in [1.807, 2.05) is 6.92 Å². The van der Waals surface area contributed by atoms with Gasteiger partial charge in [0.05, 0.1) is 17.6 Å². The van der Waals surface area contributed by atoms with Gasteiger partial charge in [0.1, 0.15) is 30.2 Å². The summed E-state index contributed by atoms with van der Waals surface area (Å²) < 4.78 is 42.0. The minimum absolute atomic E-state index is 0.195. The van der Waals surface area contributed by atoms with Crippen molar-refractivity contribution in [2.24, 2.45) is 57.7 Å². The highest BCUT2D eigenvalue weighted by molar-refractivity contribution is 5.91. The number of ether oxygens (including phenoxy) is 7. The van der Waals surface area contributed by atoms with Gasteiger partial charge in [-0.2, -0.15) is 0 Å². The molecule has 0 unspecified atom stereocenters. The lowest BCUT2D eigenvalue weighted by molar-refractivity contribution is -0.273. The Morgan fingerprint density at radius 3 is 1.91 bits per heavy atom. The third-order valence-electron chi connectivity index (χ3n) is 14.4. The molecule has 0 spiro atoms. The fourth-order valence-electron chi connectivity index (χ4n) is 12.6. The number of aliphatic hydroxyl groups is 1. The number of hydrogen-bond donors (Lipinski definition) is 1. The van der Waals surface area contributed by atoms with Crippen LogP contribution in [0.15, 0.2) is 11.8 Å². The normalized spacial score (nSPS) is 49.9. The second-order valence-corrected chi connectivity index (χ2v) is 17.0. The maximum absolute atomic E-state index is 14.9. The van der Waals surface area contributed by atoms with Gasteiger partial charge < -0.3 is 38.3 Å². The van der Waals surface area contributed by atoms with Crippen LogP contribution >= 0.6 is 0 Å². The Labute approximate surface area is 306 Å². The average molecular weight is 745 g/mol. The fraction of sp³-hybridized carbons (Fsp3) is 0.763. The molecule has 2 heterocycles. The Morgan fingerprint density at radius 2 is 1.34 bits per heavy atom. The van der Waals surface area contributed by atoms with Gasteiger partial charge in [-0.05, 0) is 38.2 Å². The third kappa shape index (κ3) is 4.80. The van der Waals surface area contributed by atoms with E-state index in [-0.39, 0.29) is 12.2 Å². The highest BCUT2D eigenvalue weighted by Gasteiger charge is 2.84. The standard InChI is InChI=1S/C38H48O15/c1-13-11-21-37(9,38(10,34(46)52-21)53-18(6)43)26-23(13)36(8)24(28(26)45)22-25(31(48-15(3)40)33(36)50-17(5)42)35(7)19(27(44)30(22)47-14(2)39)12-20-29(51-20)32(35)49-16(4)41/h11,13,19-20,22-26,28-33,45H,12H2,1-10H3/t13-,19-,20+,22+,23+,24-,25-,26+,28-,29+,30-,31+,32+,33+,35+,36-,37+,38-/m1/s1. The van der Waals surface area contributed by atoms with Crippen molar-refractivity contribution in [1.82, 2.24) is 0 Å². The number of carbonyl (C=O) groups excluding carboxylic acids is 7. The summed E-state index contributed by atoms with van der Waals surface area (Å²) in [5.41, 5.74) is -6.12. The van der Waals surface area contributed by atoms with Gasteiger partial charge in [-0.3, -0.25) is 28.8 Å². The van der Waals surface area contributed by atoms with Crippen LogP contribution in [0.4, 0.5) is 0 Å². The van der Waals surface area contributed by atoms with Crippen LogP contribution in [0.2, 0.25) is 0 Å². The van der Waals surface area contributed by atoms with Gasteiger partial charge in [-0.1, -0.05) is 20.8 Å². The van der Waals surface area contributed by atoms with Gasteiger partial charge in [0.15, 0.2) is 11.9 Å². The van der Waals surface area contributed by atoms with Gasteiger partial charge >= 0.3 is 35.8 Å². The predicted molar refractivity (Wildman–Crippen MR) is 175 cm³/mol. The molecule has 0 bridgehead atoms. The van der Waals surface area contributed by atoms with Crippen molar-refractivity contribution in [3.63, 3.8) is 0 Å². The predicted octanol–water partition coefficient (Wildman–Crippen LogP) is 1.98. The zero-order valence-electron chi connectivity index (χ0n) is 31.5. The van der Waals surface area contributed by atoms with Crippen LogP contribution in [0.3, 0.4) is 0 Å². The van der Waals surface area contributed by atoms with Crippen molar-refractivity contribution in [1.29, 1.82) is 0 Å². The summed E-state index contributed by atoms with van der Waals surface area (Å²) in [4.78, 5) is 93.2. The molecule has 18 atom stereocenters. The molecule has 15 nitrogen and oxygen atoms in total. The molecule has 0 aromatic rings. The molecule has 4 saturated carbocycles. The minimum atomic E-state index is -1.92. The number of ketones is 1. The Kier molecular flexibility index (Phi) is 8.36. The third-order valence-corrected chi connectivity index (χ3v) is 14.4. The molecule has 7 aliphatic rings. The molecule has 2 saturated heterocycles. The first-order valence-corrected chi connectivity index (χ1v) is 18.3. The Balaban J connectivity index is 1.53. The van der Waals surface area contributed by atoms with Gasteiger partial charge in [0.25, 0.3) is 0 Å². The lowest BCUT2D eigenvalue weighted by Gasteiger charge is -2.65. The van der Waals surface area contributed by atoms with Crippen LogP contribution in [0.1, 0.15) is 75.7 Å². The highest BCUT2D eigenvalue weighted by Crippen LogP contribution is 2.76. The summed E-state index contributed by atoms with van der Waals surface area (Å²) in [6.45, 7) is 14.5. The van der Waals surface area contributed by atoms with E-state index in [0.717, 1.165) is 6.92 Å². The summed E-state index contributed by atoms with van der Waals surface area (Å²) >= 11 is 0. The summed E-state index contributed by atoms with van der Waals surface area (Å²) in [5, 5.41) is 13.1. The molecule has 15 heteroatoms. The molecule has 0 aromatic carbocycles. The SMILES string of the molecule is CC(=O)O[C@H]1[C@H]2[C@H]([C@@H]3[C@@H](O)[C@@H]4[C@H]([C@H](C)C=C5OC(=O)[C@@](C)(OC(C)=O)[C@@]54C)[C@@]3(C)[C@H]1OC(C)=O)[C@@H](OC(C)=O)C(=O)[C@H]1C[C@@H]3O[C@@H]3[C@H](OC(C)=O)[C@]21C. The van der Waals surface area contributed by atoms with E-state index in [4.69, 9.17) is 33.2 Å². The average Bonchev–Trinajstić information content (AvgIpc) is 3.72. The van der Waals surface area contributed by atoms with Crippen molar-refractivity contribution >= 4 is 41.6 Å².